The van der Waals surface area contributed by atoms with Gasteiger partial charge in [-0.05, 0) is 86.0 Å². The number of hydrogen-bond donors (Lipinski definition) is 1. The maximum absolute atomic E-state index is 6.63. The molecule has 182 valence electrons. The molecule has 35 heavy (non-hydrogen) atoms. The lowest BCUT2D eigenvalue weighted by Crippen LogP contribution is -2.02. The number of nitrogens with two attached hydrogens (primary N) is 1. The van der Waals surface area contributed by atoms with Crippen LogP contribution in [0.15, 0.2) is 83.9 Å². The Hall–Kier alpha value is -3.83. The van der Waals surface area contributed by atoms with E-state index in [4.69, 9.17) is 24.9 Å². The molecule has 0 bridgehead atoms. The summed E-state index contributed by atoms with van der Waals surface area (Å²) in [6.45, 7) is 8.47. The molecule has 5 heteroatoms. The van der Waals surface area contributed by atoms with Crippen LogP contribution in [0, 0.1) is 0 Å². The van der Waals surface area contributed by atoms with Crippen molar-refractivity contribution >= 4 is 23.7 Å². The molecule has 0 saturated carbocycles. The Bertz CT molecular complexity index is 1130. The highest BCUT2D eigenvalue weighted by Crippen LogP contribution is 2.27. The Labute approximate surface area is 208 Å². The van der Waals surface area contributed by atoms with Crippen molar-refractivity contribution < 1.29 is 14.2 Å². The number of ether oxygens (including phenoxy) is 3. The van der Waals surface area contributed by atoms with Crippen molar-refractivity contribution in [1.82, 2.24) is 0 Å². The minimum atomic E-state index is 0.587. The predicted molar refractivity (Wildman–Crippen MR) is 146 cm³/mol. The quantitative estimate of drug-likeness (QED) is 0.188. The zero-order chi connectivity index (χ0) is 24.9. The SMILES string of the molecule is CCOC/C=C/c1ccc(C=N/C(=C(\N)c2ccc(OCC)cc2)c2ccc(OCC)cc2)cc1. The summed E-state index contributed by atoms with van der Waals surface area (Å²) >= 11 is 0. The number of aliphatic imine (C=N–C) groups is 1. The van der Waals surface area contributed by atoms with Crippen LogP contribution in [-0.4, -0.2) is 32.6 Å². The molecule has 0 spiro atoms. The minimum absolute atomic E-state index is 0.587. The van der Waals surface area contributed by atoms with Crippen molar-refractivity contribution in [2.45, 2.75) is 20.8 Å². The van der Waals surface area contributed by atoms with E-state index in [1.165, 1.54) is 0 Å². The van der Waals surface area contributed by atoms with Crippen molar-refractivity contribution in [3.63, 3.8) is 0 Å². The van der Waals surface area contributed by atoms with Crippen molar-refractivity contribution in [3.8, 4) is 11.5 Å². The van der Waals surface area contributed by atoms with E-state index < -0.39 is 0 Å². The fourth-order valence-electron chi connectivity index (χ4n) is 3.41. The van der Waals surface area contributed by atoms with Crippen LogP contribution in [0.25, 0.3) is 17.5 Å². The normalized spacial score (nSPS) is 12.2. The van der Waals surface area contributed by atoms with E-state index >= 15 is 0 Å². The van der Waals surface area contributed by atoms with Gasteiger partial charge in [0.15, 0.2) is 0 Å². The lowest BCUT2D eigenvalue weighted by molar-refractivity contribution is 0.178. The first-order chi connectivity index (χ1) is 17.1. The van der Waals surface area contributed by atoms with E-state index in [0.717, 1.165) is 33.8 Å². The summed E-state index contributed by atoms with van der Waals surface area (Å²) in [4.78, 5) is 4.81. The molecule has 0 amide bonds. The molecule has 0 heterocycles. The Morgan fingerprint density at radius 2 is 1.26 bits per heavy atom. The van der Waals surface area contributed by atoms with Crippen LogP contribution in [0.1, 0.15) is 43.0 Å². The third kappa shape index (κ3) is 7.87. The van der Waals surface area contributed by atoms with E-state index in [0.29, 0.717) is 37.8 Å². The lowest BCUT2D eigenvalue weighted by atomic mass is 10.0. The van der Waals surface area contributed by atoms with Crippen molar-refractivity contribution in [3.05, 3.63) is 101 Å². The Morgan fingerprint density at radius 1 is 0.714 bits per heavy atom. The highest BCUT2D eigenvalue weighted by Gasteiger charge is 2.09. The molecule has 0 aliphatic carbocycles. The van der Waals surface area contributed by atoms with Crippen LogP contribution in [0.3, 0.4) is 0 Å². The van der Waals surface area contributed by atoms with Crippen LogP contribution in [-0.2, 0) is 4.74 Å². The molecule has 3 rings (SSSR count). The Kier molecular flexibility index (Phi) is 10.1. The summed E-state index contributed by atoms with van der Waals surface area (Å²) in [5, 5.41) is 0. The summed E-state index contributed by atoms with van der Waals surface area (Å²) in [7, 11) is 0. The van der Waals surface area contributed by atoms with Crippen LogP contribution < -0.4 is 15.2 Å². The lowest BCUT2D eigenvalue weighted by Gasteiger charge is -2.11. The minimum Gasteiger partial charge on any atom is -0.494 e. The van der Waals surface area contributed by atoms with E-state index in [1.54, 1.807) is 0 Å². The standard InChI is InChI=1S/C30H34N2O3/c1-4-33-21-7-8-23-9-11-24(12-10-23)22-32-30(26-15-19-28(20-16-26)35-6-3)29(31)25-13-17-27(18-14-25)34-5-2/h7-20,22H,4-6,21,31H2,1-3H3/b8-7+,30-29-,32-22?. The zero-order valence-electron chi connectivity index (χ0n) is 20.7. The van der Waals surface area contributed by atoms with Crippen molar-refractivity contribution in [1.29, 1.82) is 0 Å². The van der Waals surface area contributed by atoms with Gasteiger partial charge in [-0.3, -0.25) is 4.99 Å². The van der Waals surface area contributed by atoms with Gasteiger partial charge in [-0.1, -0.05) is 36.4 Å². The maximum atomic E-state index is 6.63. The number of hydrogen-bond acceptors (Lipinski definition) is 5. The first kappa shape index (κ1) is 25.8. The van der Waals surface area contributed by atoms with Gasteiger partial charge in [0.1, 0.15) is 11.5 Å². The number of nitrogens with zero attached hydrogens (tertiary/aromatic N) is 1. The van der Waals surface area contributed by atoms with Gasteiger partial charge < -0.3 is 19.9 Å². The molecule has 0 radical (unpaired) electrons. The van der Waals surface area contributed by atoms with Crippen LogP contribution in [0.4, 0.5) is 0 Å². The zero-order valence-corrected chi connectivity index (χ0v) is 20.7. The molecule has 2 N–H and O–H groups in total. The van der Waals surface area contributed by atoms with Gasteiger partial charge in [0.2, 0.25) is 0 Å². The third-order valence-corrected chi connectivity index (χ3v) is 5.18. The van der Waals surface area contributed by atoms with Gasteiger partial charge in [0, 0.05) is 18.4 Å². The van der Waals surface area contributed by atoms with Gasteiger partial charge in [0.05, 0.1) is 31.2 Å². The molecule has 3 aromatic rings. The maximum Gasteiger partial charge on any atom is 0.119 e. The van der Waals surface area contributed by atoms with Gasteiger partial charge in [-0.2, -0.15) is 0 Å². The van der Waals surface area contributed by atoms with Gasteiger partial charge >= 0.3 is 0 Å². The first-order valence-corrected chi connectivity index (χ1v) is 12.0. The number of rotatable bonds is 12. The summed E-state index contributed by atoms with van der Waals surface area (Å²) in [5.41, 5.74) is 11.8. The second-order valence-corrected chi connectivity index (χ2v) is 7.66. The molecule has 5 nitrogen and oxygen atoms in total. The van der Waals surface area contributed by atoms with Gasteiger partial charge in [-0.15, -0.1) is 0 Å². The molecule has 0 fully saturated rings. The monoisotopic (exact) mass is 470 g/mol. The van der Waals surface area contributed by atoms with Gasteiger partial charge in [0.25, 0.3) is 0 Å². The second-order valence-electron chi connectivity index (χ2n) is 7.66. The second kappa shape index (κ2) is 13.8. The first-order valence-electron chi connectivity index (χ1n) is 12.0. The van der Waals surface area contributed by atoms with Gasteiger partial charge in [-0.25, -0.2) is 0 Å². The molecule has 0 aromatic heterocycles. The fraction of sp³-hybridized carbons (Fsp3) is 0.233. The average Bonchev–Trinajstić information content (AvgIpc) is 2.89. The Balaban J connectivity index is 1.90. The van der Waals surface area contributed by atoms with E-state index in [2.05, 4.69) is 12.1 Å². The molecule has 0 unspecified atom stereocenters. The summed E-state index contributed by atoms with van der Waals surface area (Å²) in [6, 6.07) is 23.7. The highest BCUT2D eigenvalue weighted by molar-refractivity contribution is 5.94. The molecule has 0 saturated heterocycles. The molecule has 3 aromatic carbocycles. The van der Waals surface area contributed by atoms with Crippen LogP contribution >= 0.6 is 0 Å². The summed E-state index contributed by atoms with van der Waals surface area (Å²) in [6.07, 6.45) is 5.89. The van der Waals surface area contributed by atoms with E-state index in [-0.39, 0.29) is 0 Å². The summed E-state index contributed by atoms with van der Waals surface area (Å²) in [5.74, 6) is 1.62. The average molecular weight is 471 g/mol. The van der Waals surface area contributed by atoms with E-state index in [1.807, 2.05) is 99.8 Å². The summed E-state index contributed by atoms with van der Waals surface area (Å²) < 4.78 is 16.5. The molecule has 0 aliphatic heterocycles. The highest BCUT2D eigenvalue weighted by atomic mass is 16.5. The smallest absolute Gasteiger partial charge is 0.119 e. The predicted octanol–water partition coefficient (Wildman–Crippen LogP) is 6.44. The Morgan fingerprint density at radius 3 is 1.80 bits per heavy atom. The van der Waals surface area contributed by atoms with Crippen molar-refractivity contribution in [2.75, 3.05) is 26.4 Å². The number of benzene rings is 3. The third-order valence-electron chi connectivity index (χ3n) is 5.18. The fourth-order valence-corrected chi connectivity index (χ4v) is 3.41. The van der Waals surface area contributed by atoms with Crippen LogP contribution in [0.5, 0.6) is 11.5 Å². The molecule has 0 atom stereocenters. The van der Waals surface area contributed by atoms with Crippen molar-refractivity contribution in [2.24, 2.45) is 10.7 Å². The molecule has 0 aliphatic rings. The van der Waals surface area contributed by atoms with Crippen LogP contribution in [0.2, 0.25) is 0 Å². The molecular weight excluding hydrogens is 436 g/mol. The van der Waals surface area contributed by atoms with E-state index in [9.17, 15) is 0 Å². The largest absolute Gasteiger partial charge is 0.494 e. The molecular formula is C30H34N2O3. The topological polar surface area (TPSA) is 66.1 Å².